The Hall–Kier alpha value is -0.580. The molecule has 0 aromatic carbocycles. The van der Waals surface area contributed by atoms with Crippen LogP contribution >= 0.6 is 11.6 Å². The van der Waals surface area contributed by atoms with Crippen LogP contribution < -0.4 is 5.32 Å². The van der Waals surface area contributed by atoms with Crippen LogP contribution in [0, 0.1) is 6.92 Å². The van der Waals surface area contributed by atoms with Crippen LogP contribution in [0.15, 0.2) is 0 Å². The quantitative estimate of drug-likeness (QED) is 0.882. The summed E-state index contributed by atoms with van der Waals surface area (Å²) in [5, 5.41) is 18.7. The number of halogens is 1. The average molecular weight is 272 g/mol. The molecule has 1 aromatic heterocycles. The summed E-state index contributed by atoms with van der Waals surface area (Å²) in [4.78, 5) is 0. The van der Waals surface area contributed by atoms with Crippen molar-refractivity contribution in [1.29, 1.82) is 0 Å². The Morgan fingerprint density at radius 1 is 1.39 bits per heavy atom. The largest absolute Gasteiger partial charge is 0.389 e. The number of hydrogen-bond acceptors (Lipinski definition) is 3. The number of nitrogens with one attached hydrogen (secondary N) is 1. The molecule has 18 heavy (non-hydrogen) atoms. The van der Waals surface area contributed by atoms with Crippen molar-refractivity contribution < 1.29 is 5.11 Å². The Kier molecular flexibility index (Phi) is 4.30. The molecule has 0 aliphatic heterocycles. The van der Waals surface area contributed by atoms with Crippen molar-refractivity contribution >= 4 is 11.6 Å². The van der Waals surface area contributed by atoms with E-state index in [0.717, 1.165) is 42.1 Å². The van der Waals surface area contributed by atoms with Gasteiger partial charge in [0.05, 0.1) is 22.0 Å². The Balaban J connectivity index is 1.88. The summed E-state index contributed by atoms with van der Waals surface area (Å²) >= 11 is 6.18. The van der Waals surface area contributed by atoms with Gasteiger partial charge in [0.25, 0.3) is 0 Å². The van der Waals surface area contributed by atoms with E-state index in [1.54, 1.807) is 4.68 Å². The third-order valence-electron chi connectivity index (χ3n) is 3.79. The second kappa shape index (κ2) is 5.59. The van der Waals surface area contributed by atoms with Crippen molar-refractivity contribution in [3.05, 3.63) is 16.4 Å². The molecular formula is C13H22ClN3O. The fourth-order valence-electron chi connectivity index (χ4n) is 2.67. The van der Waals surface area contributed by atoms with Gasteiger partial charge in [-0.1, -0.05) is 30.9 Å². The molecule has 102 valence electrons. The summed E-state index contributed by atoms with van der Waals surface area (Å²) < 4.78 is 1.80. The molecule has 0 bridgehead atoms. The summed E-state index contributed by atoms with van der Waals surface area (Å²) in [6, 6.07) is 0. The number of nitrogens with zero attached hydrogens (tertiary/aromatic N) is 2. The third-order valence-corrected chi connectivity index (χ3v) is 4.28. The van der Waals surface area contributed by atoms with Crippen molar-refractivity contribution in [2.75, 3.05) is 6.54 Å². The predicted octanol–water partition coefficient (Wildman–Crippen LogP) is 2.17. The molecule has 2 rings (SSSR count). The van der Waals surface area contributed by atoms with Crippen molar-refractivity contribution in [2.45, 2.75) is 51.2 Å². The van der Waals surface area contributed by atoms with E-state index in [1.165, 1.54) is 6.42 Å². The van der Waals surface area contributed by atoms with Crippen molar-refractivity contribution in [2.24, 2.45) is 7.05 Å². The minimum atomic E-state index is -0.529. The Morgan fingerprint density at radius 3 is 2.61 bits per heavy atom. The Bertz CT molecular complexity index is 411. The summed E-state index contributed by atoms with van der Waals surface area (Å²) in [5.74, 6) is 0. The van der Waals surface area contributed by atoms with Crippen LogP contribution in [0.5, 0.6) is 0 Å². The van der Waals surface area contributed by atoms with Gasteiger partial charge in [-0.25, -0.2) is 0 Å². The Morgan fingerprint density at radius 2 is 2.06 bits per heavy atom. The minimum absolute atomic E-state index is 0.529. The maximum Gasteiger partial charge on any atom is 0.0860 e. The summed E-state index contributed by atoms with van der Waals surface area (Å²) in [7, 11) is 1.89. The Labute approximate surface area is 113 Å². The highest BCUT2D eigenvalue weighted by Crippen LogP contribution is 2.27. The highest BCUT2D eigenvalue weighted by atomic mass is 35.5. The molecule has 0 spiro atoms. The highest BCUT2D eigenvalue weighted by Gasteiger charge is 2.28. The number of hydrogen-bond donors (Lipinski definition) is 2. The molecule has 0 amide bonds. The lowest BCUT2D eigenvalue weighted by Crippen LogP contribution is -2.42. The van der Waals surface area contributed by atoms with E-state index < -0.39 is 5.60 Å². The maximum absolute atomic E-state index is 10.4. The van der Waals surface area contributed by atoms with Crippen LogP contribution in [0.3, 0.4) is 0 Å². The lowest BCUT2D eigenvalue weighted by atomic mass is 9.85. The molecule has 0 saturated heterocycles. The van der Waals surface area contributed by atoms with Crippen LogP contribution in [-0.4, -0.2) is 27.0 Å². The molecule has 2 N–H and O–H groups in total. The topological polar surface area (TPSA) is 50.1 Å². The van der Waals surface area contributed by atoms with E-state index in [2.05, 4.69) is 10.4 Å². The van der Waals surface area contributed by atoms with Crippen molar-refractivity contribution in [1.82, 2.24) is 15.1 Å². The lowest BCUT2D eigenvalue weighted by molar-refractivity contribution is 0.00456. The van der Waals surface area contributed by atoms with Crippen LogP contribution in [-0.2, 0) is 13.6 Å². The first kappa shape index (κ1) is 13.8. The normalized spacial score (nSPS) is 19.1. The zero-order valence-corrected chi connectivity index (χ0v) is 11.9. The average Bonchev–Trinajstić information content (AvgIpc) is 2.56. The molecule has 1 aliphatic carbocycles. The van der Waals surface area contributed by atoms with E-state index in [0.29, 0.717) is 13.1 Å². The number of aryl methyl sites for hydroxylation is 2. The van der Waals surface area contributed by atoms with Gasteiger partial charge in [0.15, 0.2) is 0 Å². The summed E-state index contributed by atoms with van der Waals surface area (Å²) in [6.07, 6.45) is 5.30. The third kappa shape index (κ3) is 3.05. The van der Waals surface area contributed by atoms with Gasteiger partial charge in [0, 0.05) is 20.1 Å². The van der Waals surface area contributed by atoms with Gasteiger partial charge in [-0.2, -0.15) is 5.10 Å². The van der Waals surface area contributed by atoms with Gasteiger partial charge in [-0.15, -0.1) is 0 Å². The van der Waals surface area contributed by atoms with Crippen molar-refractivity contribution in [3.63, 3.8) is 0 Å². The molecule has 0 unspecified atom stereocenters. The smallest absolute Gasteiger partial charge is 0.0860 e. The predicted molar refractivity (Wildman–Crippen MR) is 72.7 cm³/mol. The first-order chi connectivity index (χ1) is 8.52. The van der Waals surface area contributed by atoms with E-state index >= 15 is 0 Å². The van der Waals surface area contributed by atoms with E-state index in [9.17, 15) is 5.11 Å². The first-order valence-electron chi connectivity index (χ1n) is 6.63. The summed E-state index contributed by atoms with van der Waals surface area (Å²) in [5.41, 5.74) is 1.30. The number of aromatic nitrogens is 2. The first-order valence-corrected chi connectivity index (χ1v) is 7.01. The molecular weight excluding hydrogens is 250 g/mol. The second-order valence-electron chi connectivity index (χ2n) is 5.36. The van der Waals surface area contributed by atoms with Gasteiger partial charge in [-0.05, 0) is 19.8 Å². The van der Waals surface area contributed by atoms with Gasteiger partial charge in [-0.3, -0.25) is 4.68 Å². The standard InChI is InChI=1S/C13H22ClN3O/c1-10-12(14)11(17(2)16-10)8-15-9-13(18)6-4-3-5-7-13/h15,18H,3-9H2,1-2H3. The van der Waals surface area contributed by atoms with E-state index in [1.807, 2.05) is 14.0 Å². The number of rotatable bonds is 4. The van der Waals surface area contributed by atoms with Crippen LogP contribution in [0.1, 0.15) is 43.5 Å². The molecule has 1 aliphatic rings. The fourth-order valence-corrected chi connectivity index (χ4v) is 2.90. The van der Waals surface area contributed by atoms with Crippen LogP contribution in [0.25, 0.3) is 0 Å². The fraction of sp³-hybridized carbons (Fsp3) is 0.769. The molecule has 5 heteroatoms. The molecule has 1 fully saturated rings. The van der Waals surface area contributed by atoms with Gasteiger partial charge < -0.3 is 10.4 Å². The van der Waals surface area contributed by atoms with Crippen LogP contribution in [0.2, 0.25) is 5.02 Å². The summed E-state index contributed by atoms with van der Waals surface area (Å²) in [6.45, 7) is 3.19. The maximum atomic E-state index is 10.4. The minimum Gasteiger partial charge on any atom is -0.389 e. The second-order valence-corrected chi connectivity index (χ2v) is 5.74. The zero-order chi connectivity index (χ0) is 13.2. The lowest BCUT2D eigenvalue weighted by Gasteiger charge is -2.32. The molecule has 1 aromatic rings. The van der Waals surface area contributed by atoms with Crippen LogP contribution in [0.4, 0.5) is 0 Å². The number of aliphatic hydroxyl groups is 1. The SMILES string of the molecule is Cc1nn(C)c(CNCC2(O)CCCCC2)c1Cl. The zero-order valence-electron chi connectivity index (χ0n) is 11.2. The monoisotopic (exact) mass is 271 g/mol. The van der Waals surface area contributed by atoms with Gasteiger partial charge in [0.1, 0.15) is 0 Å². The van der Waals surface area contributed by atoms with Gasteiger partial charge >= 0.3 is 0 Å². The van der Waals surface area contributed by atoms with Gasteiger partial charge in [0.2, 0.25) is 0 Å². The van der Waals surface area contributed by atoms with Crippen molar-refractivity contribution in [3.8, 4) is 0 Å². The molecule has 0 radical (unpaired) electrons. The molecule has 1 saturated carbocycles. The molecule has 4 nitrogen and oxygen atoms in total. The molecule has 1 heterocycles. The molecule has 0 atom stereocenters. The van der Waals surface area contributed by atoms with E-state index in [-0.39, 0.29) is 0 Å². The highest BCUT2D eigenvalue weighted by molar-refractivity contribution is 6.31. The van der Waals surface area contributed by atoms with E-state index in [4.69, 9.17) is 11.6 Å².